The normalized spacial score (nSPS) is 14.8. The van der Waals surface area contributed by atoms with E-state index in [1.54, 1.807) is 11.8 Å². The van der Waals surface area contributed by atoms with Crippen LogP contribution in [0.15, 0.2) is 113 Å². The first-order valence-corrected chi connectivity index (χ1v) is 13.6. The fourth-order valence-electron chi connectivity index (χ4n) is 5.17. The molecule has 1 aliphatic heterocycles. The number of hydrogen-bond acceptors (Lipinski definition) is 4. The van der Waals surface area contributed by atoms with Gasteiger partial charge in [-0.05, 0) is 51.0 Å². The molecule has 0 bridgehead atoms. The highest BCUT2D eigenvalue weighted by atomic mass is 79.9. The number of hydrogen-bond donors (Lipinski definition) is 0. The summed E-state index contributed by atoms with van der Waals surface area (Å²) >= 11 is 5.23. The molecule has 2 heterocycles. The number of piperazine rings is 1. The Morgan fingerprint density at radius 1 is 0.676 bits per heavy atom. The molecule has 1 aliphatic rings. The predicted octanol–water partition coefficient (Wildman–Crippen LogP) is 6.68. The molecule has 5 heteroatoms. The summed E-state index contributed by atoms with van der Waals surface area (Å²) in [7, 11) is 0. The van der Waals surface area contributed by atoms with Crippen molar-refractivity contribution in [2.45, 2.75) is 10.6 Å². The molecule has 34 heavy (non-hydrogen) atoms. The average Bonchev–Trinajstić information content (AvgIpc) is 2.91. The summed E-state index contributed by atoms with van der Waals surface area (Å²) in [4.78, 5) is 9.84. The first kappa shape index (κ1) is 23.2. The maximum atomic E-state index is 4.70. The second-order valence-corrected chi connectivity index (χ2v) is 10.1. The van der Waals surface area contributed by atoms with E-state index in [1.165, 1.54) is 22.4 Å². The van der Waals surface area contributed by atoms with Gasteiger partial charge in [0.1, 0.15) is 9.63 Å². The van der Waals surface area contributed by atoms with Gasteiger partial charge >= 0.3 is 0 Å². The third-order valence-electron chi connectivity index (χ3n) is 6.67. The van der Waals surface area contributed by atoms with Gasteiger partial charge in [0.25, 0.3) is 0 Å². The van der Waals surface area contributed by atoms with Crippen LogP contribution in [0.4, 0.5) is 5.69 Å². The molecule has 0 radical (unpaired) electrons. The highest BCUT2D eigenvalue weighted by Gasteiger charge is 2.43. The number of halogens is 1. The number of pyridine rings is 1. The molecule has 0 N–H and O–H groups in total. The standard InChI is InChI=1S/C29H28BrN3S/c1-34-28-26(17-18-27(30)31-28)32-19-21-33(22-20-32)29(23-11-5-2-6-12-23,24-13-7-3-8-14-24)25-15-9-4-10-16-25/h2-18H,19-22H2,1H3. The predicted molar refractivity (Wildman–Crippen MR) is 147 cm³/mol. The monoisotopic (exact) mass is 529 g/mol. The molecule has 1 saturated heterocycles. The van der Waals surface area contributed by atoms with Crippen LogP contribution in [0.2, 0.25) is 0 Å². The summed E-state index contributed by atoms with van der Waals surface area (Å²) in [6.45, 7) is 3.79. The van der Waals surface area contributed by atoms with E-state index >= 15 is 0 Å². The van der Waals surface area contributed by atoms with E-state index < -0.39 is 0 Å². The highest BCUT2D eigenvalue weighted by Crippen LogP contribution is 2.43. The van der Waals surface area contributed by atoms with Crippen LogP contribution in [-0.2, 0) is 5.54 Å². The zero-order chi connectivity index (χ0) is 23.4. The minimum absolute atomic E-state index is 0.351. The van der Waals surface area contributed by atoms with Crippen molar-refractivity contribution in [3.8, 4) is 0 Å². The van der Waals surface area contributed by atoms with Gasteiger partial charge in [0.05, 0.1) is 11.2 Å². The molecule has 4 aromatic rings. The van der Waals surface area contributed by atoms with E-state index in [2.05, 4.69) is 129 Å². The van der Waals surface area contributed by atoms with Gasteiger partial charge in [-0.15, -0.1) is 11.8 Å². The molecule has 1 aromatic heterocycles. The van der Waals surface area contributed by atoms with Crippen LogP contribution >= 0.6 is 27.7 Å². The zero-order valence-corrected chi connectivity index (χ0v) is 21.7. The molecule has 3 nitrogen and oxygen atoms in total. The highest BCUT2D eigenvalue weighted by molar-refractivity contribution is 9.10. The Morgan fingerprint density at radius 2 is 1.15 bits per heavy atom. The van der Waals surface area contributed by atoms with E-state index in [1.807, 2.05) is 6.07 Å². The molecule has 0 aliphatic carbocycles. The van der Waals surface area contributed by atoms with Crippen LogP contribution in [-0.4, -0.2) is 42.3 Å². The van der Waals surface area contributed by atoms with Gasteiger partial charge in [-0.1, -0.05) is 91.0 Å². The van der Waals surface area contributed by atoms with Crippen molar-refractivity contribution in [1.29, 1.82) is 0 Å². The quantitative estimate of drug-likeness (QED) is 0.157. The summed E-state index contributed by atoms with van der Waals surface area (Å²) in [5.74, 6) is 0. The molecule has 0 saturated carbocycles. The van der Waals surface area contributed by atoms with Gasteiger partial charge in [-0.2, -0.15) is 0 Å². The fraction of sp³-hybridized carbons (Fsp3) is 0.207. The van der Waals surface area contributed by atoms with Crippen molar-refractivity contribution in [3.63, 3.8) is 0 Å². The molecule has 0 amide bonds. The van der Waals surface area contributed by atoms with Gasteiger partial charge in [-0.3, -0.25) is 4.90 Å². The molecule has 0 atom stereocenters. The van der Waals surface area contributed by atoms with Crippen LogP contribution in [0.25, 0.3) is 0 Å². The second kappa shape index (κ2) is 10.3. The van der Waals surface area contributed by atoms with Crippen molar-refractivity contribution < 1.29 is 0 Å². The summed E-state index contributed by atoms with van der Waals surface area (Å²) < 4.78 is 0.885. The topological polar surface area (TPSA) is 19.4 Å². The van der Waals surface area contributed by atoms with Crippen molar-refractivity contribution in [1.82, 2.24) is 9.88 Å². The lowest BCUT2D eigenvalue weighted by molar-refractivity contribution is 0.147. The molecule has 0 unspecified atom stereocenters. The lowest BCUT2D eigenvalue weighted by Crippen LogP contribution is -2.56. The fourth-order valence-corrected chi connectivity index (χ4v) is 6.19. The summed E-state index contributed by atoms with van der Waals surface area (Å²) in [5, 5.41) is 1.07. The Balaban J connectivity index is 1.58. The second-order valence-electron chi connectivity index (χ2n) is 8.44. The number of aromatic nitrogens is 1. The van der Waals surface area contributed by atoms with Gasteiger partial charge in [0.2, 0.25) is 0 Å². The number of nitrogens with zero attached hydrogens (tertiary/aromatic N) is 3. The van der Waals surface area contributed by atoms with Gasteiger partial charge in [0.15, 0.2) is 0 Å². The van der Waals surface area contributed by atoms with E-state index in [9.17, 15) is 0 Å². The minimum atomic E-state index is -0.351. The maximum Gasteiger partial charge on any atom is 0.120 e. The van der Waals surface area contributed by atoms with E-state index in [0.717, 1.165) is 35.8 Å². The van der Waals surface area contributed by atoms with Crippen molar-refractivity contribution in [2.75, 3.05) is 37.3 Å². The molecular formula is C29H28BrN3S. The van der Waals surface area contributed by atoms with Crippen LogP contribution in [0.3, 0.4) is 0 Å². The number of anilines is 1. The van der Waals surface area contributed by atoms with Crippen molar-refractivity contribution >= 4 is 33.4 Å². The van der Waals surface area contributed by atoms with Gasteiger partial charge < -0.3 is 4.90 Å². The SMILES string of the molecule is CSc1nc(Br)ccc1N1CCN(C(c2ccccc2)(c2ccccc2)c2ccccc2)CC1. The number of benzene rings is 3. The average molecular weight is 531 g/mol. The number of thioether (sulfide) groups is 1. The molecule has 0 spiro atoms. The minimum Gasteiger partial charge on any atom is -0.367 e. The lowest BCUT2D eigenvalue weighted by atomic mass is 9.75. The smallest absolute Gasteiger partial charge is 0.120 e. The summed E-state index contributed by atoms with van der Waals surface area (Å²) in [5.41, 5.74) is 4.78. The maximum absolute atomic E-state index is 4.70. The van der Waals surface area contributed by atoms with Crippen LogP contribution in [0.5, 0.6) is 0 Å². The molecule has 172 valence electrons. The van der Waals surface area contributed by atoms with Crippen LogP contribution in [0, 0.1) is 0 Å². The lowest BCUT2D eigenvalue weighted by Gasteiger charge is -2.49. The molecular weight excluding hydrogens is 502 g/mol. The Kier molecular flexibility index (Phi) is 7.05. The summed E-state index contributed by atoms with van der Waals surface area (Å²) in [6, 6.07) is 37.1. The van der Waals surface area contributed by atoms with Crippen molar-refractivity contribution in [2.24, 2.45) is 0 Å². The number of rotatable bonds is 6. The van der Waals surface area contributed by atoms with E-state index in [0.29, 0.717) is 0 Å². The van der Waals surface area contributed by atoms with E-state index in [4.69, 9.17) is 4.98 Å². The zero-order valence-electron chi connectivity index (χ0n) is 19.3. The largest absolute Gasteiger partial charge is 0.367 e. The van der Waals surface area contributed by atoms with Crippen LogP contribution < -0.4 is 4.90 Å². The third kappa shape index (κ3) is 4.28. The molecule has 1 fully saturated rings. The van der Waals surface area contributed by atoms with E-state index in [-0.39, 0.29) is 5.54 Å². The van der Waals surface area contributed by atoms with Crippen molar-refractivity contribution in [3.05, 3.63) is 124 Å². The first-order chi connectivity index (χ1) is 16.7. The Bertz CT molecular complexity index is 1110. The van der Waals surface area contributed by atoms with Gasteiger partial charge in [-0.25, -0.2) is 4.98 Å². The van der Waals surface area contributed by atoms with Crippen LogP contribution in [0.1, 0.15) is 16.7 Å². The third-order valence-corrected chi connectivity index (χ3v) is 7.80. The Morgan fingerprint density at radius 3 is 1.59 bits per heavy atom. The summed E-state index contributed by atoms with van der Waals surface area (Å²) in [6.07, 6.45) is 2.10. The molecule has 3 aromatic carbocycles. The Labute approximate surface area is 215 Å². The van der Waals surface area contributed by atoms with Gasteiger partial charge in [0, 0.05) is 26.2 Å². The molecule has 5 rings (SSSR count). The Hall–Kier alpha value is -2.60. The first-order valence-electron chi connectivity index (χ1n) is 11.6.